The predicted octanol–water partition coefficient (Wildman–Crippen LogP) is 3.80. The van der Waals surface area contributed by atoms with Gasteiger partial charge in [-0.3, -0.25) is 9.59 Å². The van der Waals surface area contributed by atoms with Crippen LogP contribution in [0.5, 0.6) is 11.5 Å². The zero-order chi connectivity index (χ0) is 23.9. The largest absolute Gasteiger partial charge is 0.497 e. The van der Waals surface area contributed by atoms with Crippen LogP contribution in [0.4, 0.5) is 0 Å². The van der Waals surface area contributed by atoms with Gasteiger partial charge in [-0.25, -0.2) is 0 Å². The number of likely N-dealkylation sites (tertiary alicyclic amines) is 1. The van der Waals surface area contributed by atoms with E-state index in [2.05, 4.69) is 5.32 Å². The molecule has 0 spiro atoms. The maximum absolute atomic E-state index is 13.4. The highest BCUT2D eigenvalue weighted by atomic mass is 16.5. The summed E-state index contributed by atoms with van der Waals surface area (Å²) in [6.45, 7) is 1.24. The van der Waals surface area contributed by atoms with Crippen LogP contribution in [0.25, 0.3) is 0 Å². The summed E-state index contributed by atoms with van der Waals surface area (Å²) >= 11 is 0. The Morgan fingerprint density at radius 3 is 2.21 bits per heavy atom. The van der Waals surface area contributed by atoms with Crippen LogP contribution in [-0.2, 0) is 22.6 Å². The van der Waals surface area contributed by atoms with E-state index in [9.17, 15) is 9.59 Å². The molecule has 1 N–H and O–H groups in total. The second-order valence-electron chi connectivity index (χ2n) is 8.49. The molecule has 6 heteroatoms. The SMILES string of the molecule is COc1ccc(OC)c([C@H]2CN(C(=O)Cc3ccccc3)C[C@H]2C(=O)NCc2ccccc2)c1. The molecule has 1 aliphatic rings. The lowest BCUT2D eigenvalue weighted by atomic mass is 9.87. The average Bonchev–Trinajstić information content (AvgIpc) is 3.34. The fraction of sp³-hybridized carbons (Fsp3) is 0.286. The van der Waals surface area contributed by atoms with Gasteiger partial charge in [-0.05, 0) is 29.3 Å². The molecule has 34 heavy (non-hydrogen) atoms. The van der Waals surface area contributed by atoms with Gasteiger partial charge in [0, 0.05) is 31.1 Å². The van der Waals surface area contributed by atoms with Gasteiger partial charge in [0.15, 0.2) is 0 Å². The Hall–Kier alpha value is -3.80. The normalized spacial score (nSPS) is 17.3. The van der Waals surface area contributed by atoms with Crippen LogP contribution in [0.3, 0.4) is 0 Å². The van der Waals surface area contributed by atoms with Crippen molar-refractivity contribution < 1.29 is 19.1 Å². The maximum atomic E-state index is 13.4. The monoisotopic (exact) mass is 458 g/mol. The molecule has 3 aromatic carbocycles. The van der Waals surface area contributed by atoms with Gasteiger partial charge in [-0.2, -0.15) is 0 Å². The van der Waals surface area contributed by atoms with Crippen LogP contribution in [0.15, 0.2) is 78.9 Å². The number of hydrogen-bond acceptors (Lipinski definition) is 4. The second-order valence-corrected chi connectivity index (χ2v) is 8.49. The molecule has 2 atom stereocenters. The first-order valence-corrected chi connectivity index (χ1v) is 11.4. The topological polar surface area (TPSA) is 67.9 Å². The van der Waals surface area contributed by atoms with E-state index >= 15 is 0 Å². The molecule has 3 aromatic rings. The molecule has 0 bridgehead atoms. The van der Waals surface area contributed by atoms with E-state index in [1.165, 1.54) is 0 Å². The van der Waals surface area contributed by atoms with Crippen molar-refractivity contribution in [2.45, 2.75) is 18.9 Å². The number of carbonyl (C=O) groups is 2. The number of amides is 2. The summed E-state index contributed by atoms with van der Waals surface area (Å²) in [5.41, 5.74) is 2.86. The summed E-state index contributed by atoms with van der Waals surface area (Å²) in [6, 6.07) is 25.1. The van der Waals surface area contributed by atoms with Gasteiger partial charge in [0.2, 0.25) is 11.8 Å². The number of nitrogens with one attached hydrogen (secondary N) is 1. The van der Waals surface area contributed by atoms with Gasteiger partial charge in [0.25, 0.3) is 0 Å². The third kappa shape index (κ3) is 5.39. The minimum absolute atomic E-state index is 0.0106. The molecule has 0 aromatic heterocycles. The summed E-state index contributed by atoms with van der Waals surface area (Å²) in [4.78, 5) is 28.3. The van der Waals surface area contributed by atoms with Crippen molar-refractivity contribution in [3.8, 4) is 11.5 Å². The molecule has 176 valence electrons. The Balaban J connectivity index is 1.58. The Labute approximate surface area is 200 Å². The van der Waals surface area contributed by atoms with Crippen LogP contribution < -0.4 is 14.8 Å². The lowest BCUT2D eigenvalue weighted by Gasteiger charge is -2.21. The molecule has 2 amide bonds. The molecule has 0 saturated carbocycles. The van der Waals surface area contributed by atoms with E-state index in [0.29, 0.717) is 37.6 Å². The van der Waals surface area contributed by atoms with E-state index in [0.717, 1.165) is 16.7 Å². The van der Waals surface area contributed by atoms with Crippen molar-refractivity contribution in [3.05, 3.63) is 95.6 Å². The molecule has 1 heterocycles. The predicted molar refractivity (Wildman–Crippen MR) is 131 cm³/mol. The van der Waals surface area contributed by atoms with E-state index in [4.69, 9.17) is 9.47 Å². The van der Waals surface area contributed by atoms with Gasteiger partial charge in [-0.1, -0.05) is 60.7 Å². The Morgan fingerprint density at radius 1 is 0.882 bits per heavy atom. The number of nitrogens with zero attached hydrogens (tertiary/aromatic N) is 1. The molecular weight excluding hydrogens is 428 g/mol. The van der Waals surface area contributed by atoms with Crippen molar-refractivity contribution in [1.29, 1.82) is 0 Å². The van der Waals surface area contributed by atoms with Gasteiger partial charge in [-0.15, -0.1) is 0 Å². The lowest BCUT2D eigenvalue weighted by Crippen LogP contribution is -2.35. The third-order valence-electron chi connectivity index (χ3n) is 6.35. The maximum Gasteiger partial charge on any atom is 0.227 e. The fourth-order valence-electron chi connectivity index (χ4n) is 4.52. The van der Waals surface area contributed by atoms with Crippen LogP contribution >= 0.6 is 0 Å². The third-order valence-corrected chi connectivity index (χ3v) is 6.35. The first-order chi connectivity index (χ1) is 16.6. The van der Waals surface area contributed by atoms with Gasteiger partial charge < -0.3 is 19.7 Å². The highest BCUT2D eigenvalue weighted by Crippen LogP contribution is 2.39. The number of rotatable bonds is 8. The summed E-state index contributed by atoms with van der Waals surface area (Å²) in [5.74, 6) is 0.701. The standard InChI is InChI=1S/C28H30N2O4/c1-33-22-13-14-26(34-2)23(16-22)24-18-30(27(31)15-20-9-5-3-6-10-20)19-25(24)28(32)29-17-21-11-7-4-8-12-21/h3-14,16,24-25H,15,17-19H2,1-2H3,(H,29,32)/t24-,25-/m1/s1. The highest BCUT2D eigenvalue weighted by Gasteiger charge is 2.41. The van der Waals surface area contributed by atoms with E-state index in [-0.39, 0.29) is 17.7 Å². The van der Waals surface area contributed by atoms with E-state index in [1.54, 1.807) is 19.1 Å². The lowest BCUT2D eigenvalue weighted by molar-refractivity contribution is -0.130. The minimum Gasteiger partial charge on any atom is -0.497 e. The molecule has 1 aliphatic heterocycles. The van der Waals surface area contributed by atoms with Crippen molar-refractivity contribution in [1.82, 2.24) is 10.2 Å². The van der Waals surface area contributed by atoms with E-state index < -0.39 is 5.92 Å². The molecule has 0 aliphatic carbocycles. The minimum atomic E-state index is -0.399. The molecular formula is C28H30N2O4. The van der Waals surface area contributed by atoms with Crippen LogP contribution in [0.2, 0.25) is 0 Å². The van der Waals surface area contributed by atoms with Crippen molar-refractivity contribution >= 4 is 11.8 Å². The number of carbonyl (C=O) groups excluding carboxylic acids is 2. The van der Waals surface area contributed by atoms with Crippen molar-refractivity contribution in [2.75, 3.05) is 27.3 Å². The molecule has 1 saturated heterocycles. The number of methoxy groups -OCH3 is 2. The number of hydrogen-bond donors (Lipinski definition) is 1. The fourth-order valence-corrected chi connectivity index (χ4v) is 4.52. The molecule has 1 fully saturated rings. The van der Waals surface area contributed by atoms with Gasteiger partial charge >= 0.3 is 0 Å². The quantitative estimate of drug-likeness (QED) is 0.558. The first kappa shape index (κ1) is 23.4. The first-order valence-electron chi connectivity index (χ1n) is 11.4. The Bertz CT molecular complexity index is 1120. The van der Waals surface area contributed by atoms with E-state index in [1.807, 2.05) is 78.9 Å². The van der Waals surface area contributed by atoms with Gasteiger partial charge in [0.1, 0.15) is 11.5 Å². The van der Waals surface area contributed by atoms with Gasteiger partial charge in [0.05, 0.1) is 26.6 Å². The summed E-state index contributed by atoms with van der Waals surface area (Å²) in [6.07, 6.45) is 0.307. The summed E-state index contributed by atoms with van der Waals surface area (Å²) < 4.78 is 11.0. The molecule has 0 unspecified atom stereocenters. The van der Waals surface area contributed by atoms with Crippen molar-refractivity contribution in [3.63, 3.8) is 0 Å². The van der Waals surface area contributed by atoms with Crippen LogP contribution in [-0.4, -0.2) is 44.0 Å². The smallest absolute Gasteiger partial charge is 0.227 e. The van der Waals surface area contributed by atoms with Crippen LogP contribution in [0.1, 0.15) is 22.6 Å². The summed E-state index contributed by atoms with van der Waals surface area (Å²) in [5, 5.41) is 3.07. The average molecular weight is 459 g/mol. The van der Waals surface area contributed by atoms with Crippen molar-refractivity contribution in [2.24, 2.45) is 5.92 Å². The Kier molecular flexibility index (Phi) is 7.48. The molecule has 0 radical (unpaired) electrons. The molecule has 4 rings (SSSR count). The number of benzene rings is 3. The zero-order valence-corrected chi connectivity index (χ0v) is 19.6. The number of ether oxygens (including phenoxy) is 2. The molecule has 6 nitrogen and oxygen atoms in total. The van der Waals surface area contributed by atoms with Crippen LogP contribution in [0, 0.1) is 5.92 Å². The summed E-state index contributed by atoms with van der Waals surface area (Å²) in [7, 11) is 3.23. The zero-order valence-electron chi connectivity index (χ0n) is 19.6. The Morgan fingerprint density at radius 2 is 1.56 bits per heavy atom. The highest BCUT2D eigenvalue weighted by molar-refractivity contribution is 5.84. The second kappa shape index (κ2) is 10.9.